The van der Waals surface area contributed by atoms with E-state index in [1.807, 2.05) is 24.0 Å². The van der Waals surface area contributed by atoms with Crippen LogP contribution in [0.4, 0.5) is 5.69 Å². The Morgan fingerprint density at radius 1 is 1.33 bits per heavy atom. The van der Waals surface area contributed by atoms with E-state index >= 15 is 0 Å². The van der Waals surface area contributed by atoms with Crippen LogP contribution in [0.1, 0.15) is 19.4 Å². The number of aliphatic hydroxyl groups excluding tert-OH is 1. The van der Waals surface area contributed by atoms with Gasteiger partial charge in [0.05, 0.1) is 18.8 Å². The van der Waals surface area contributed by atoms with Crippen LogP contribution in [0.5, 0.6) is 0 Å². The van der Waals surface area contributed by atoms with Crippen molar-refractivity contribution in [3.63, 3.8) is 0 Å². The molecule has 0 spiro atoms. The largest absolute Gasteiger partial charge is 0.463 e. The van der Waals surface area contributed by atoms with Crippen LogP contribution < -0.4 is 10.5 Å². The maximum atomic E-state index is 12.1. The molecule has 2 aromatic rings. The number of hydrogen-bond acceptors (Lipinski definition) is 6. The molecule has 128 valence electrons. The predicted molar refractivity (Wildman–Crippen MR) is 93.1 cm³/mol. The summed E-state index contributed by atoms with van der Waals surface area (Å²) < 4.78 is 10.1. The first-order chi connectivity index (χ1) is 11.6. The summed E-state index contributed by atoms with van der Waals surface area (Å²) in [5, 5.41) is 9.86. The van der Waals surface area contributed by atoms with Crippen LogP contribution in [-0.2, 0) is 9.53 Å². The van der Waals surface area contributed by atoms with Crippen molar-refractivity contribution in [2.45, 2.75) is 13.8 Å². The van der Waals surface area contributed by atoms with Gasteiger partial charge in [-0.25, -0.2) is 9.59 Å². The second kappa shape index (κ2) is 8.31. The Hall–Kier alpha value is -2.60. The van der Waals surface area contributed by atoms with Crippen LogP contribution >= 0.6 is 0 Å². The Bertz CT molecular complexity index is 794. The molecule has 0 aliphatic heterocycles. The number of nitrogens with zero attached hydrogens (tertiary/aromatic N) is 1. The fourth-order valence-corrected chi connectivity index (χ4v) is 2.37. The van der Waals surface area contributed by atoms with Crippen LogP contribution in [0, 0.1) is 0 Å². The van der Waals surface area contributed by atoms with E-state index in [4.69, 9.17) is 14.3 Å². The summed E-state index contributed by atoms with van der Waals surface area (Å²) in [6.45, 7) is 5.26. The average Bonchev–Trinajstić information content (AvgIpc) is 2.57. The van der Waals surface area contributed by atoms with Gasteiger partial charge in [-0.15, -0.1) is 0 Å². The molecule has 2 rings (SSSR count). The van der Waals surface area contributed by atoms with E-state index in [-0.39, 0.29) is 18.8 Å². The maximum Gasteiger partial charge on any atom is 0.343 e. The number of fused-ring (bicyclic) bond motifs is 1. The molecule has 0 bridgehead atoms. The highest BCUT2D eigenvalue weighted by Crippen LogP contribution is 2.22. The number of carbonyl (C=O) groups is 1. The van der Waals surface area contributed by atoms with Crippen molar-refractivity contribution >= 4 is 28.7 Å². The van der Waals surface area contributed by atoms with Gasteiger partial charge >= 0.3 is 11.6 Å². The van der Waals surface area contributed by atoms with Crippen molar-refractivity contribution < 1.29 is 19.1 Å². The fourth-order valence-electron chi connectivity index (χ4n) is 2.37. The molecule has 0 aliphatic carbocycles. The zero-order valence-electron chi connectivity index (χ0n) is 13.8. The molecule has 6 nitrogen and oxygen atoms in total. The average molecular weight is 331 g/mol. The standard InChI is InChI=1S/C18H21NO5/c1-3-19(9-10-20)15-7-5-13-11-14(6-8-17(21)23-4-2)18(22)24-16(13)12-15/h5-8,11-12,20H,3-4,9-10H2,1-2H3/b8-6-. The van der Waals surface area contributed by atoms with Gasteiger partial charge in [-0.1, -0.05) is 0 Å². The van der Waals surface area contributed by atoms with Crippen molar-refractivity contribution in [3.8, 4) is 0 Å². The Morgan fingerprint density at radius 2 is 2.12 bits per heavy atom. The van der Waals surface area contributed by atoms with Crippen LogP contribution in [0.25, 0.3) is 17.0 Å². The third-order valence-electron chi connectivity index (χ3n) is 3.55. The van der Waals surface area contributed by atoms with Gasteiger partial charge in [0.1, 0.15) is 5.58 Å². The quantitative estimate of drug-likeness (QED) is 0.476. The zero-order valence-corrected chi connectivity index (χ0v) is 13.8. The molecule has 1 N–H and O–H groups in total. The molecule has 0 amide bonds. The summed E-state index contributed by atoms with van der Waals surface area (Å²) in [5.74, 6) is -0.505. The third kappa shape index (κ3) is 4.23. The number of benzene rings is 1. The van der Waals surface area contributed by atoms with Gasteiger partial charge in [-0.2, -0.15) is 0 Å². The van der Waals surface area contributed by atoms with Crippen molar-refractivity contribution in [1.82, 2.24) is 0 Å². The Morgan fingerprint density at radius 3 is 2.79 bits per heavy atom. The van der Waals surface area contributed by atoms with Crippen LogP contribution in [0.2, 0.25) is 0 Å². The summed E-state index contributed by atoms with van der Waals surface area (Å²) in [7, 11) is 0. The Kier molecular flexibility index (Phi) is 6.14. The molecule has 0 radical (unpaired) electrons. The lowest BCUT2D eigenvalue weighted by Crippen LogP contribution is -2.26. The van der Waals surface area contributed by atoms with E-state index in [1.165, 1.54) is 12.2 Å². The number of likely N-dealkylation sites (N-methyl/N-ethyl adjacent to an activating group) is 1. The summed E-state index contributed by atoms with van der Waals surface area (Å²) in [4.78, 5) is 25.4. The maximum absolute atomic E-state index is 12.1. The summed E-state index contributed by atoms with van der Waals surface area (Å²) in [6, 6.07) is 7.19. The molecule has 1 aromatic heterocycles. The Balaban J connectivity index is 2.35. The molecule has 0 unspecified atom stereocenters. The molecule has 1 aromatic carbocycles. The number of hydrogen-bond donors (Lipinski definition) is 1. The third-order valence-corrected chi connectivity index (χ3v) is 3.55. The Labute approximate surface area is 140 Å². The van der Waals surface area contributed by atoms with Gasteiger partial charge in [0.15, 0.2) is 0 Å². The number of anilines is 1. The topological polar surface area (TPSA) is 80.0 Å². The number of ether oxygens (including phenoxy) is 1. The summed E-state index contributed by atoms with van der Waals surface area (Å²) >= 11 is 0. The minimum absolute atomic E-state index is 0.0490. The van der Waals surface area contributed by atoms with E-state index in [9.17, 15) is 9.59 Å². The van der Waals surface area contributed by atoms with Gasteiger partial charge in [0, 0.05) is 36.3 Å². The van der Waals surface area contributed by atoms with Crippen molar-refractivity contribution in [2.75, 3.05) is 31.2 Å². The number of carbonyl (C=O) groups excluding carboxylic acids is 1. The van der Waals surface area contributed by atoms with Crippen molar-refractivity contribution in [2.24, 2.45) is 0 Å². The lowest BCUT2D eigenvalue weighted by atomic mass is 10.1. The molecule has 24 heavy (non-hydrogen) atoms. The van der Waals surface area contributed by atoms with Gasteiger partial charge in [-0.05, 0) is 38.1 Å². The summed E-state index contributed by atoms with van der Waals surface area (Å²) in [5.41, 5.74) is 1.09. The highest BCUT2D eigenvalue weighted by Gasteiger charge is 2.08. The van der Waals surface area contributed by atoms with E-state index in [0.29, 0.717) is 12.1 Å². The molecule has 0 aliphatic rings. The highest BCUT2D eigenvalue weighted by atomic mass is 16.5. The zero-order chi connectivity index (χ0) is 17.5. The number of esters is 1. The predicted octanol–water partition coefficient (Wildman–Crippen LogP) is 2.19. The van der Waals surface area contributed by atoms with E-state index in [2.05, 4.69) is 0 Å². The van der Waals surface area contributed by atoms with Crippen LogP contribution in [0.15, 0.2) is 39.6 Å². The fraction of sp³-hybridized carbons (Fsp3) is 0.333. The minimum atomic E-state index is -0.523. The van der Waals surface area contributed by atoms with E-state index in [0.717, 1.165) is 17.6 Å². The van der Waals surface area contributed by atoms with Crippen LogP contribution in [0.3, 0.4) is 0 Å². The van der Waals surface area contributed by atoms with Crippen molar-refractivity contribution in [3.05, 3.63) is 46.3 Å². The SMILES string of the molecule is CCOC(=O)/C=C\c1cc2ccc(N(CC)CCO)cc2oc1=O. The first-order valence-electron chi connectivity index (χ1n) is 7.87. The molecule has 6 heteroatoms. The lowest BCUT2D eigenvalue weighted by molar-refractivity contribution is -0.137. The minimum Gasteiger partial charge on any atom is -0.463 e. The normalized spacial score (nSPS) is 11.1. The van der Waals surface area contributed by atoms with Crippen LogP contribution in [-0.4, -0.2) is 37.4 Å². The molecule has 0 fully saturated rings. The first kappa shape index (κ1) is 17.7. The smallest absolute Gasteiger partial charge is 0.343 e. The molecule has 0 saturated carbocycles. The number of rotatable bonds is 7. The second-order valence-corrected chi connectivity index (χ2v) is 5.10. The lowest BCUT2D eigenvalue weighted by Gasteiger charge is -2.22. The van der Waals surface area contributed by atoms with Gasteiger partial charge in [0.25, 0.3) is 0 Å². The van der Waals surface area contributed by atoms with Gasteiger partial charge < -0.3 is 19.2 Å². The molecule has 0 atom stereocenters. The van der Waals surface area contributed by atoms with Gasteiger partial charge in [-0.3, -0.25) is 0 Å². The van der Waals surface area contributed by atoms with Crippen molar-refractivity contribution in [1.29, 1.82) is 0 Å². The van der Waals surface area contributed by atoms with E-state index < -0.39 is 11.6 Å². The molecule has 0 saturated heterocycles. The molecular weight excluding hydrogens is 310 g/mol. The molecule has 1 heterocycles. The monoisotopic (exact) mass is 331 g/mol. The molecular formula is C18H21NO5. The number of aliphatic hydroxyl groups is 1. The van der Waals surface area contributed by atoms with E-state index in [1.54, 1.807) is 19.1 Å². The highest BCUT2D eigenvalue weighted by molar-refractivity contribution is 5.88. The summed E-state index contributed by atoms with van der Waals surface area (Å²) in [6.07, 6.45) is 2.59. The van der Waals surface area contributed by atoms with Gasteiger partial charge in [0.2, 0.25) is 0 Å². The first-order valence-corrected chi connectivity index (χ1v) is 7.87. The second-order valence-electron chi connectivity index (χ2n) is 5.10.